The molecular formula is C14H13ClFN3O3. The molecule has 1 N–H and O–H groups in total. The SMILES string of the molecule is COCc1cc(=O)c(C(=O)Nc2cccc(Cl)c2F)nn1C. The van der Waals surface area contributed by atoms with Crippen LogP contribution in [0, 0.1) is 5.82 Å². The van der Waals surface area contributed by atoms with Gasteiger partial charge in [-0.1, -0.05) is 17.7 Å². The largest absolute Gasteiger partial charge is 0.378 e. The Balaban J connectivity index is 2.32. The van der Waals surface area contributed by atoms with Gasteiger partial charge >= 0.3 is 0 Å². The highest BCUT2D eigenvalue weighted by Crippen LogP contribution is 2.22. The van der Waals surface area contributed by atoms with Crippen LogP contribution in [0.2, 0.25) is 5.02 Å². The summed E-state index contributed by atoms with van der Waals surface area (Å²) in [6.07, 6.45) is 0. The second kappa shape index (κ2) is 6.67. The molecule has 0 unspecified atom stereocenters. The third-order valence-corrected chi connectivity index (χ3v) is 3.20. The molecule has 0 fully saturated rings. The molecule has 0 bridgehead atoms. The van der Waals surface area contributed by atoms with Crippen LogP contribution < -0.4 is 10.7 Å². The fourth-order valence-electron chi connectivity index (χ4n) is 1.80. The van der Waals surface area contributed by atoms with Gasteiger partial charge < -0.3 is 10.1 Å². The molecule has 0 saturated carbocycles. The number of nitrogens with one attached hydrogen (secondary N) is 1. The van der Waals surface area contributed by atoms with Crippen LogP contribution in [0.3, 0.4) is 0 Å². The molecule has 2 rings (SSSR count). The molecule has 8 heteroatoms. The predicted octanol–water partition coefficient (Wildman–Crippen LogP) is 1.97. The van der Waals surface area contributed by atoms with Crippen LogP contribution >= 0.6 is 11.6 Å². The Labute approximate surface area is 130 Å². The topological polar surface area (TPSA) is 73.2 Å². The number of rotatable bonds is 4. The lowest BCUT2D eigenvalue weighted by atomic mass is 10.2. The number of anilines is 1. The Morgan fingerprint density at radius 3 is 2.91 bits per heavy atom. The summed E-state index contributed by atoms with van der Waals surface area (Å²) in [7, 11) is 3.05. The van der Waals surface area contributed by atoms with Crippen molar-refractivity contribution in [2.75, 3.05) is 12.4 Å². The molecule has 22 heavy (non-hydrogen) atoms. The molecule has 0 aliphatic rings. The first-order valence-corrected chi connectivity index (χ1v) is 6.63. The average Bonchev–Trinajstić information content (AvgIpc) is 2.47. The minimum Gasteiger partial charge on any atom is -0.378 e. The summed E-state index contributed by atoms with van der Waals surface area (Å²) in [5.74, 6) is -1.59. The van der Waals surface area contributed by atoms with Gasteiger partial charge in [-0.25, -0.2) is 4.39 Å². The number of nitrogens with zero attached hydrogens (tertiary/aromatic N) is 2. The summed E-state index contributed by atoms with van der Waals surface area (Å²) >= 11 is 5.63. The number of amides is 1. The number of carbonyl (C=O) groups is 1. The molecule has 0 aliphatic carbocycles. The van der Waals surface area contributed by atoms with Crippen LogP contribution in [0.25, 0.3) is 0 Å². The maximum atomic E-state index is 13.8. The number of aromatic nitrogens is 2. The zero-order chi connectivity index (χ0) is 16.3. The standard InChI is InChI=1S/C14H13ClFN3O3/c1-19-8(7-22-2)6-11(20)13(18-19)14(21)17-10-5-3-4-9(15)12(10)16/h3-6H,7H2,1-2H3,(H,17,21). The first-order chi connectivity index (χ1) is 10.4. The predicted molar refractivity (Wildman–Crippen MR) is 79.6 cm³/mol. The van der Waals surface area contributed by atoms with Gasteiger partial charge in [-0.05, 0) is 12.1 Å². The van der Waals surface area contributed by atoms with E-state index in [1.54, 1.807) is 7.05 Å². The van der Waals surface area contributed by atoms with Gasteiger partial charge in [0.05, 0.1) is 23.0 Å². The van der Waals surface area contributed by atoms with Crippen LogP contribution in [-0.2, 0) is 18.4 Å². The Kier molecular flexibility index (Phi) is 4.89. The molecule has 116 valence electrons. The first-order valence-electron chi connectivity index (χ1n) is 6.25. The number of hydrogen-bond acceptors (Lipinski definition) is 4. The maximum absolute atomic E-state index is 13.8. The van der Waals surface area contributed by atoms with Crippen molar-refractivity contribution in [3.63, 3.8) is 0 Å². The third kappa shape index (κ3) is 3.32. The van der Waals surface area contributed by atoms with E-state index >= 15 is 0 Å². The van der Waals surface area contributed by atoms with Gasteiger partial charge in [-0.2, -0.15) is 5.10 Å². The molecule has 1 aromatic heterocycles. The van der Waals surface area contributed by atoms with E-state index < -0.39 is 17.2 Å². The van der Waals surface area contributed by atoms with Gasteiger partial charge in [-0.15, -0.1) is 0 Å². The second-order valence-corrected chi connectivity index (χ2v) is 4.87. The second-order valence-electron chi connectivity index (χ2n) is 4.46. The molecule has 1 aromatic carbocycles. The molecule has 0 spiro atoms. The highest BCUT2D eigenvalue weighted by atomic mass is 35.5. The van der Waals surface area contributed by atoms with Gasteiger partial charge in [0.2, 0.25) is 5.43 Å². The summed E-state index contributed by atoms with van der Waals surface area (Å²) in [5, 5.41) is 6.05. The maximum Gasteiger partial charge on any atom is 0.280 e. The minimum absolute atomic E-state index is 0.123. The van der Waals surface area contributed by atoms with Crippen molar-refractivity contribution in [1.82, 2.24) is 9.78 Å². The number of carbonyl (C=O) groups excluding carboxylic acids is 1. The molecule has 6 nitrogen and oxygen atoms in total. The molecular weight excluding hydrogens is 313 g/mol. The van der Waals surface area contributed by atoms with Crippen molar-refractivity contribution in [3.8, 4) is 0 Å². The smallest absolute Gasteiger partial charge is 0.280 e. The molecule has 1 amide bonds. The Morgan fingerprint density at radius 2 is 2.23 bits per heavy atom. The Bertz CT molecular complexity index is 776. The zero-order valence-corrected chi connectivity index (χ0v) is 12.6. The van der Waals surface area contributed by atoms with Crippen molar-refractivity contribution in [2.24, 2.45) is 7.05 Å². The van der Waals surface area contributed by atoms with Crippen molar-refractivity contribution < 1.29 is 13.9 Å². The van der Waals surface area contributed by atoms with E-state index in [9.17, 15) is 14.0 Å². The molecule has 0 aliphatic heterocycles. The number of methoxy groups -OCH3 is 1. The quantitative estimate of drug-likeness (QED) is 0.932. The monoisotopic (exact) mass is 325 g/mol. The van der Waals surface area contributed by atoms with Crippen LogP contribution in [-0.4, -0.2) is 22.8 Å². The van der Waals surface area contributed by atoms with Gasteiger partial charge in [0, 0.05) is 20.2 Å². The first kappa shape index (κ1) is 16.1. The van der Waals surface area contributed by atoms with Crippen LogP contribution in [0.1, 0.15) is 16.2 Å². The van der Waals surface area contributed by atoms with Gasteiger partial charge in [0.25, 0.3) is 5.91 Å². The Hall–Kier alpha value is -2.25. The molecule has 0 radical (unpaired) electrons. The summed E-state index contributed by atoms with van der Waals surface area (Å²) in [6.45, 7) is 0.184. The van der Waals surface area contributed by atoms with Crippen molar-refractivity contribution in [3.05, 3.63) is 56.7 Å². The summed E-state index contributed by atoms with van der Waals surface area (Å²) in [6, 6.07) is 5.42. The number of benzene rings is 1. The average molecular weight is 326 g/mol. The Morgan fingerprint density at radius 1 is 1.50 bits per heavy atom. The highest BCUT2D eigenvalue weighted by molar-refractivity contribution is 6.31. The van der Waals surface area contributed by atoms with Crippen molar-refractivity contribution >= 4 is 23.2 Å². The zero-order valence-electron chi connectivity index (χ0n) is 11.9. The lowest BCUT2D eigenvalue weighted by Crippen LogP contribution is -2.27. The summed E-state index contributed by atoms with van der Waals surface area (Å²) in [4.78, 5) is 24.0. The lowest BCUT2D eigenvalue weighted by molar-refractivity contribution is 0.101. The van der Waals surface area contributed by atoms with E-state index in [0.717, 1.165) is 0 Å². The van der Waals surface area contributed by atoms with Crippen molar-refractivity contribution in [2.45, 2.75) is 6.61 Å². The number of hydrogen-bond donors (Lipinski definition) is 1. The van der Waals surface area contributed by atoms with E-state index in [1.807, 2.05) is 0 Å². The van der Waals surface area contributed by atoms with E-state index in [1.165, 1.54) is 36.1 Å². The van der Waals surface area contributed by atoms with Crippen molar-refractivity contribution in [1.29, 1.82) is 0 Å². The number of aryl methyl sites for hydroxylation is 1. The fraction of sp³-hybridized carbons (Fsp3) is 0.214. The molecule has 1 heterocycles. The van der Waals surface area contributed by atoms with E-state index in [4.69, 9.17) is 16.3 Å². The fourth-order valence-corrected chi connectivity index (χ4v) is 1.97. The number of halogens is 2. The van der Waals surface area contributed by atoms with E-state index in [2.05, 4.69) is 10.4 Å². The summed E-state index contributed by atoms with van der Waals surface area (Å²) < 4.78 is 20.0. The number of ether oxygens (including phenoxy) is 1. The van der Waals surface area contributed by atoms with Gasteiger partial charge in [0.1, 0.15) is 0 Å². The van der Waals surface area contributed by atoms with Crippen LogP contribution in [0.4, 0.5) is 10.1 Å². The van der Waals surface area contributed by atoms with Gasteiger partial charge in [0.15, 0.2) is 11.5 Å². The van der Waals surface area contributed by atoms with Crippen LogP contribution in [0.15, 0.2) is 29.1 Å². The third-order valence-electron chi connectivity index (χ3n) is 2.90. The van der Waals surface area contributed by atoms with Crippen LogP contribution in [0.5, 0.6) is 0 Å². The molecule has 0 atom stereocenters. The molecule has 2 aromatic rings. The van der Waals surface area contributed by atoms with Gasteiger partial charge in [-0.3, -0.25) is 14.3 Å². The molecule has 0 saturated heterocycles. The lowest BCUT2D eigenvalue weighted by Gasteiger charge is -2.10. The van der Waals surface area contributed by atoms with E-state index in [0.29, 0.717) is 5.69 Å². The van der Waals surface area contributed by atoms with E-state index in [-0.39, 0.29) is 23.0 Å². The highest BCUT2D eigenvalue weighted by Gasteiger charge is 2.17. The minimum atomic E-state index is -0.814. The summed E-state index contributed by atoms with van der Waals surface area (Å²) in [5.41, 5.74) is -0.535. The normalized spacial score (nSPS) is 10.5.